The molecule has 1 aromatic rings. The van der Waals surface area contributed by atoms with Gasteiger partial charge in [-0.25, -0.2) is 12.7 Å². The molecule has 1 amide bonds. The minimum Gasteiger partial charge on any atom is -0.399 e. The molecule has 0 saturated carbocycles. The normalized spacial score (nSPS) is 11.3. The van der Waals surface area contributed by atoms with E-state index in [9.17, 15) is 13.2 Å². The van der Waals surface area contributed by atoms with Gasteiger partial charge < -0.3 is 5.73 Å². The number of carbonyl (C=O) groups is 1. The van der Waals surface area contributed by atoms with Gasteiger partial charge in [0.25, 0.3) is 0 Å². The van der Waals surface area contributed by atoms with Crippen LogP contribution in [0, 0.1) is 0 Å². The SMILES string of the molecule is CCCCCC(=O)N(c1ccc(N)cc1)S(C)(=O)=O. The average molecular weight is 284 g/mol. The van der Waals surface area contributed by atoms with Crippen molar-refractivity contribution < 1.29 is 13.2 Å². The quantitative estimate of drug-likeness (QED) is 0.641. The Hall–Kier alpha value is -1.56. The molecule has 0 aliphatic carbocycles. The van der Waals surface area contributed by atoms with E-state index in [1.165, 1.54) is 12.1 Å². The van der Waals surface area contributed by atoms with Crippen LogP contribution in [0.3, 0.4) is 0 Å². The fourth-order valence-electron chi connectivity index (χ4n) is 1.76. The number of amides is 1. The first-order valence-corrected chi connectivity index (χ1v) is 8.09. The van der Waals surface area contributed by atoms with Crippen LogP contribution < -0.4 is 10.0 Å². The number of anilines is 2. The highest BCUT2D eigenvalue weighted by Gasteiger charge is 2.24. The summed E-state index contributed by atoms with van der Waals surface area (Å²) in [5.74, 6) is -0.402. The molecular weight excluding hydrogens is 264 g/mol. The lowest BCUT2D eigenvalue weighted by molar-refractivity contribution is -0.117. The zero-order valence-corrected chi connectivity index (χ0v) is 12.1. The minimum atomic E-state index is -3.62. The first-order valence-electron chi connectivity index (χ1n) is 6.25. The molecular formula is C13H20N2O3S. The largest absolute Gasteiger partial charge is 0.399 e. The van der Waals surface area contributed by atoms with Crippen LogP contribution in [-0.2, 0) is 14.8 Å². The van der Waals surface area contributed by atoms with E-state index in [1.54, 1.807) is 12.1 Å². The molecule has 0 fully saturated rings. The molecule has 0 radical (unpaired) electrons. The summed E-state index contributed by atoms with van der Waals surface area (Å²) in [4.78, 5) is 12.1. The molecule has 1 rings (SSSR count). The molecule has 2 N–H and O–H groups in total. The van der Waals surface area contributed by atoms with Gasteiger partial charge in [0, 0.05) is 12.1 Å². The van der Waals surface area contributed by atoms with Gasteiger partial charge in [-0.1, -0.05) is 19.8 Å². The number of nitrogen functional groups attached to an aromatic ring is 1. The number of nitrogens with zero attached hydrogens (tertiary/aromatic N) is 1. The maximum absolute atomic E-state index is 12.1. The maximum Gasteiger partial charge on any atom is 0.240 e. The van der Waals surface area contributed by atoms with Crippen LogP contribution in [-0.4, -0.2) is 20.6 Å². The Bertz CT molecular complexity index is 523. The van der Waals surface area contributed by atoms with E-state index in [1.807, 2.05) is 6.92 Å². The maximum atomic E-state index is 12.1. The number of unbranched alkanes of at least 4 members (excludes halogenated alkanes) is 2. The van der Waals surface area contributed by atoms with E-state index in [0.717, 1.165) is 23.4 Å². The highest BCUT2D eigenvalue weighted by molar-refractivity contribution is 7.92. The molecule has 0 bridgehead atoms. The molecule has 0 unspecified atom stereocenters. The zero-order valence-electron chi connectivity index (χ0n) is 11.3. The van der Waals surface area contributed by atoms with Crippen molar-refractivity contribution in [3.8, 4) is 0 Å². The van der Waals surface area contributed by atoms with Gasteiger partial charge in [-0.15, -0.1) is 0 Å². The van der Waals surface area contributed by atoms with Gasteiger partial charge >= 0.3 is 0 Å². The molecule has 5 nitrogen and oxygen atoms in total. The van der Waals surface area contributed by atoms with Gasteiger partial charge in [0.05, 0.1) is 11.9 Å². The lowest BCUT2D eigenvalue weighted by Crippen LogP contribution is -2.36. The summed E-state index contributed by atoms with van der Waals surface area (Å²) in [6.45, 7) is 2.03. The Kier molecular flexibility index (Phi) is 5.35. The predicted octanol–water partition coefficient (Wildman–Crippen LogP) is 2.14. The highest BCUT2D eigenvalue weighted by Crippen LogP contribution is 2.21. The van der Waals surface area contributed by atoms with Gasteiger partial charge in [-0.3, -0.25) is 4.79 Å². The van der Waals surface area contributed by atoms with Crippen LogP contribution in [0.2, 0.25) is 0 Å². The third-order valence-corrected chi connectivity index (χ3v) is 3.76. The summed E-state index contributed by atoms with van der Waals surface area (Å²) in [5, 5.41) is 0. The molecule has 19 heavy (non-hydrogen) atoms. The van der Waals surface area contributed by atoms with Crippen molar-refractivity contribution in [3.05, 3.63) is 24.3 Å². The second-order valence-corrected chi connectivity index (χ2v) is 6.30. The van der Waals surface area contributed by atoms with Gasteiger partial charge in [-0.2, -0.15) is 0 Å². The van der Waals surface area contributed by atoms with E-state index in [-0.39, 0.29) is 6.42 Å². The number of hydrogen-bond donors (Lipinski definition) is 1. The van der Waals surface area contributed by atoms with Crippen molar-refractivity contribution in [2.45, 2.75) is 32.6 Å². The molecule has 0 heterocycles. The first kappa shape index (κ1) is 15.5. The summed E-state index contributed by atoms with van der Waals surface area (Å²) in [5.41, 5.74) is 6.41. The smallest absolute Gasteiger partial charge is 0.240 e. The third-order valence-electron chi connectivity index (χ3n) is 2.68. The minimum absolute atomic E-state index is 0.227. The first-order chi connectivity index (χ1) is 8.86. The molecule has 0 aromatic heterocycles. The molecule has 6 heteroatoms. The standard InChI is InChI=1S/C13H20N2O3S/c1-3-4-5-6-13(16)15(19(2,17)18)12-9-7-11(14)8-10-12/h7-10H,3-6,14H2,1-2H3. The highest BCUT2D eigenvalue weighted by atomic mass is 32.2. The zero-order chi connectivity index (χ0) is 14.5. The van der Waals surface area contributed by atoms with Crippen LogP contribution in [0.25, 0.3) is 0 Å². The van der Waals surface area contributed by atoms with Crippen molar-refractivity contribution in [3.63, 3.8) is 0 Å². The number of carbonyl (C=O) groups excluding carboxylic acids is 1. The summed E-state index contributed by atoms with van der Waals surface area (Å²) < 4.78 is 24.4. The number of benzene rings is 1. The summed E-state index contributed by atoms with van der Waals surface area (Å²) >= 11 is 0. The van der Waals surface area contributed by atoms with Crippen molar-refractivity contribution in [2.24, 2.45) is 0 Å². The molecule has 0 aliphatic rings. The fourth-order valence-corrected chi connectivity index (χ4v) is 2.72. The van der Waals surface area contributed by atoms with Gasteiger partial charge in [0.1, 0.15) is 0 Å². The summed E-state index contributed by atoms with van der Waals surface area (Å²) in [6, 6.07) is 6.22. The lowest BCUT2D eigenvalue weighted by atomic mass is 10.2. The van der Waals surface area contributed by atoms with E-state index in [0.29, 0.717) is 17.8 Å². The van der Waals surface area contributed by atoms with E-state index in [4.69, 9.17) is 5.73 Å². The average Bonchev–Trinajstić information content (AvgIpc) is 2.30. The third kappa shape index (κ3) is 4.55. The Morgan fingerprint density at radius 1 is 1.21 bits per heavy atom. The monoisotopic (exact) mass is 284 g/mol. The number of nitrogens with two attached hydrogens (primary N) is 1. The van der Waals surface area contributed by atoms with E-state index in [2.05, 4.69) is 0 Å². The van der Waals surface area contributed by atoms with Crippen LogP contribution in [0.5, 0.6) is 0 Å². The predicted molar refractivity (Wildman–Crippen MR) is 77.3 cm³/mol. The molecule has 0 aliphatic heterocycles. The number of hydrogen-bond acceptors (Lipinski definition) is 4. The van der Waals surface area contributed by atoms with Crippen LogP contribution in [0.15, 0.2) is 24.3 Å². The van der Waals surface area contributed by atoms with Crippen molar-refractivity contribution in [1.29, 1.82) is 0 Å². The van der Waals surface area contributed by atoms with Crippen LogP contribution in [0.1, 0.15) is 32.6 Å². The molecule has 0 saturated heterocycles. The summed E-state index contributed by atoms with van der Waals surface area (Å²) in [7, 11) is -3.62. The van der Waals surface area contributed by atoms with Crippen molar-refractivity contribution in [2.75, 3.05) is 16.3 Å². The Labute approximate surface area is 114 Å². The molecule has 106 valence electrons. The second-order valence-electron chi connectivity index (χ2n) is 4.47. The van der Waals surface area contributed by atoms with E-state index < -0.39 is 15.9 Å². The van der Waals surface area contributed by atoms with Crippen LogP contribution in [0.4, 0.5) is 11.4 Å². The fraction of sp³-hybridized carbons (Fsp3) is 0.462. The van der Waals surface area contributed by atoms with Gasteiger partial charge in [-0.05, 0) is 30.7 Å². The van der Waals surface area contributed by atoms with Crippen LogP contribution >= 0.6 is 0 Å². The lowest BCUT2D eigenvalue weighted by Gasteiger charge is -2.20. The Morgan fingerprint density at radius 2 is 1.79 bits per heavy atom. The second kappa shape index (κ2) is 6.56. The van der Waals surface area contributed by atoms with Crippen molar-refractivity contribution in [1.82, 2.24) is 0 Å². The molecule has 0 spiro atoms. The Balaban J connectivity index is 2.96. The van der Waals surface area contributed by atoms with Gasteiger partial charge in [0.2, 0.25) is 15.9 Å². The topological polar surface area (TPSA) is 80.5 Å². The molecule has 0 atom stereocenters. The Morgan fingerprint density at radius 3 is 2.26 bits per heavy atom. The van der Waals surface area contributed by atoms with Crippen molar-refractivity contribution >= 4 is 27.3 Å². The number of sulfonamides is 1. The number of rotatable bonds is 6. The van der Waals surface area contributed by atoms with E-state index >= 15 is 0 Å². The molecule has 1 aromatic carbocycles. The van der Waals surface area contributed by atoms with Gasteiger partial charge in [0.15, 0.2) is 0 Å². The summed E-state index contributed by atoms with van der Waals surface area (Å²) in [6.07, 6.45) is 3.84.